The summed E-state index contributed by atoms with van der Waals surface area (Å²) in [6, 6.07) is 20.4. The van der Waals surface area contributed by atoms with Gasteiger partial charge >= 0.3 is 12.4 Å². The molecule has 2 heterocycles. The van der Waals surface area contributed by atoms with Gasteiger partial charge in [-0.25, -0.2) is 14.5 Å². The zero-order valence-corrected chi connectivity index (χ0v) is 25.0. The van der Waals surface area contributed by atoms with Crippen molar-refractivity contribution in [2.75, 3.05) is 10.7 Å². The first-order chi connectivity index (χ1) is 21.7. The van der Waals surface area contributed by atoms with Crippen LogP contribution in [-0.4, -0.2) is 44.3 Å². The highest BCUT2D eigenvalue weighted by molar-refractivity contribution is 8.01. The zero-order chi connectivity index (χ0) is 31.6. The fraction of sp³-hybridized carbons (Fsp3) is 0.250. The monoisotopic (exact) mass is 634 g/mol. The molecule has 1 saturated heterocycles. The Morgan fingerprint density at radius 1 is 1.02 bits per heavy atom. The lowest BCUT2D eigenvalue weighted by atomic mass is 10.0. The number of carbonyl (C=O) groups excluding carboxylic acids is 2. The molecule has 1 aliphatic carbocycles. The van der Waals surface area contributed by atoms with E-state index in [1.807, 2.05) is 55.5 Å². The molecule has 3 amide bonds. The summed E-state index contributed by atoms with van der Waals surface area (Å²) in [6.07, 6.45) is -0.0652. The van der Waals surface area contributed by atoms with Gasteiger partial charge in [0.2, 0.25) is 5.91 Å². The summed E-state index contributed by atoms with van der Waals surface area (Å²) < 4.78 is 42.7. The maximum Gasteiger partial charge on any atom is 0.573 e. The first-order valence-corrected chi connectivity index (χ1v) is 15.4. The van der Waals surface area contributed by atoms with Crippen LogP contribution in [0.4, 0.5) is 23.7 Å². The fourth-order valence-corrected chi connectivity index (χ4v) is 6.47. The molecule has 1 unspecified atom stereocenters. The molecule has 0 bridgehead atoms. The standard InChI is InChI=1S/C32H29F3N6O3S/c1-2-20-6-3-4-9-27(20)41-28(42)18-45-31(41)38-30(43)37-26-8-5-7-25(26)21-10-12-22(13-11-21)29-36-19-40(39-29)23-14-16-24(17-15-23)44-32(33,34)35/h3-4,6,9-17,19,31H,2,5,7-8,18H2,1H3,(H2,37,38,43). The fourth-order valence-electron chi connectivity index (χ4n) is 5.46. The van der Waals surface area contributed by atoms with E-state index in [0.29, 0.717) is 17.3 Å². The molecule has 3 aromatic carbocycles. The number of halogens is 3. The van der Waals surface area contributed by atoms with E-state index >= 15 is 0 Å². The second-order valence-electron chi connectivity index (χ2n) is 10.5. The highest BCUT2D eigenvalue weighted by atomic mass is 32.2. The Labute approximate surface area is 261 Å². The summed E-state index contributed by atoms with van der Waals surface area (Å²) in [5.74, 6) is 0.384. The molecular weight excluding hydrogens is 605 g/mol. The molecule has 4 aromatic rings. The Hall–Kier alpha value is -4.78. The third-order valence-corrected chi connectivity index (χ3v) is 8.61. The van der Waals surface area contributed by atoms with E-state index in [1.54, 1.807) is 4.90 Å². The SMILES string of the molecule is CCc1ccccc1N1C(=O)CSC1NC(=O)NC1=C(c2ccc(-c3ncn(-c4ccc(OC(F)(F)F)cc4)n3)cc2)CCC1. The lowest BCUT2D eigenvalue weighted by Crippen LogP contribution is -2.48. The maximum absolute atomic E-state index is 13.1. The van der Waals surface area contributed by atoms with E-state index in [-0.39, 0.29) is 17.7 Å². The summed E-state index contributed by atoms with van der Waals surface area (Å²) in [5.41, 5.74) is 5.49. The number of rotatable bonds is 8. The summed E-state index contributed by atoms with van der Waals surface area (Å²) in [6.45, 7) is 2.04. The Balaban J connectivity index is 1.12. The van der Waals surface area contributed by atoms with Crippen LogP contribution in [0.2, 0.25) is 0 Å². The third-order valence-electron chi connectivity index (χ3n) is 7.56. The number of benzene rings is 3. The van der Waals surface area contributed by atoms with Crippen LogP contribution >= 0.6 is 11.8 Å². The summed E-state index contributed by atoms with van der Waals surface area (Å²) in [5, 5.41) is 10.5. The number of aryl methyl sites for hydroxylation is 1. The highest BCUT2D eigenvalue weighted by Crippen LogP contribution is 2.34. The lowest BCUT2D eigenvalue weighted by molar-refractivity contribution is -0.274. The summed E-state index contributed by atoms with van der Waals surface area (Å²) >= 11 is 1.39. The first-order valence-electron chi connectivity index (χ1n) is 14.4. The zero-order valence-electron chi connectivity index (χ0n) is 24.2. The average molecular weight is 635 g/mol. The minimum atomic E-state index is -4.76. The second-order valence-corrected chi connectivity index (χ2v) is 11.5. The Kier molecular flexibility index (Phi) is 8.52. The van der Waals surface area contributed by atoms with Crippen LogP contribution in [-0.2, 0) is 11.2 Å². The molecular formula is C32H29F3N6O3S. The number of ether oxygens (including phenoxy) is 1. The van der Waals surface area contributed by atoms with Crippen molar-refractivity contribution in [3.8, 4) is 22.8 Å². The van der Waals surface area contributed by atoms with Gasteiger partial charge in [0, 0.05) is 16.9 Å². The van der Waals surface area contributed by atoms with Crippen LogP contribution in [0.15, 0.2) is 84.8 Å². The first kappa shape index (κ1) is 30.3. The molecule has 2 N–H and O–H groups in total. The lowest BCUT2D eigenvalue weighted by Gasteiger charge is -2.27. The van der Waals surface area contributed by atoms with Gasteiger partial charge in [-0.2, -0.15) is 0 Å². The van der Waals surface area contributed by atoms with Gasteiger partial charge in [-0.05, 0) is 72.7 Å². The number of urea groups is 1. The second kappa shape index (κ2) is 12.7. The van der Waals surface area contributed by atoms with Gasteiger partial charge in [0.25, 0.3) is 0 Å². The number of amides is 3. The smallest absolute Gasteiger partial charge is 0.406 e. The van der Waals surface area contributed by atoms with Gasteiger partial charge in [0.15, 0.2) is 11.3 Å². The molecule has 0 saturated carbocycles. The van der Waals surface area contributed by atoms with Gasteiger partial charge in [-0.15, -0.1) is 30.0 Å². The minimum Gasteiger partial charge on any atom is -0.406 e. The number of carbonyl (C=O) groups is 2. The van der Waals surface area contributed by atoms with E-state index in [2.05, 4.69) is 25.5 Å². The number of nitrogens with one attached hydrogen (secondary N) is 2. The molecule has 6 rings (SSSR count). The molecule has 1 aliphatic heterocycles. The largest absolute Gasteiger partial charge is 0.573 e. The maximum atomic E-state index is 13.1. The number of anilines is 1. The van der Waals surface area contributed by atoms with Crippen LogP contribution in [0.5, 0.6) is 5.75 Å². The number of para-hydroxylation sites is 1. The van der Waals surface area contributed by atoms with Gasteiger partial charge in [-0.1, -0.05) is 49.4 Å². The Bertz CT molecular complexity index is 1740. The van der Waals surface area contributed by atoms with Gasteiger partial charge in [-0.3, -0.25) is 9.69 Å². The number of alkyl halides is 3. The molecule has 0 spiro atoms. The minimum absolute atomic E-state index is 0.0418. The van der Waals surface area contributed by atoms with Crippen molar-refractivity contribution in [3.63, 3.8) is 0 Å². The van der Waals surface area contributed by atoms with Crippen LogP contribution in [0.25, 0.3) is 22.6 Å². The van der Waals surface area contributed by atoms with Crippen molar-refractivity contribution < 1.29 is 27.5 Å². The van der Waals surface area contributed by atoms with Gasteiger partial charge in [0.05, 0.1) is 11.4 Å². The highest BCUT2D eigenvalue weighted by Gasteiger charge is 2.35. The third kappa shape index (κ3) is 6.83. The number of hydrogen-bond donors (Lipinski definition) is 2. The topological polar surface area (TPSA) is 101 Å². The predicted molar refractivity (Wildman–Crippen MR) is 165 cm³/mol. The van der Waals surface area contributed by atoms with Crippen molar-refractivity contribution in [3.05, 3.63) is 95.9 Å². The number of hydrogen-bond acceptors (Lipinski definition) is 6. The van der Waals surface area contributed by atoms with Crippen LogP contribution < -0.4 is 20.3 Å². The molecule has 232 valence electrons. The number of aromatic nitrogens is 3. The quantitative estimate of drug-likeness (QED) is 0.225. The molecule has 1 fully saturated rings. The van der Waals surface area contributed by atoms with Crippen LogP contribution in [0.3, 0.4) is 0 Å². The van der Waals surface area contributed by atoms with Crippen LogP contribution in [0.1, 0.15) is 37.3 Å². The van der Waals surface area contributed by atoms with Crippen molar-refractivity contribution in [2.24, 2.45) is 0 Å². The number of allylic oxidation sites excluding steroid dienone is 2. The summed E-state index contributed by atoms with van der Waals surface area (Å²) in [7, 11) is 0. The van der Waals surface area contributed by atoms with E-state index in [0.717, 1.165) is 59.3 Å². The predicted octanol–water partition coefficient (Wildman–Crippen LogP) is 6.65. The van der Waals surface area contributed by atoms with Crippen molar-refractivity contribution in [2.45, 2.75) is 44.5 Å². The molecule has 1 aromatic heterocycles. The Morgan fingerprint density at radius 2 is 1.76 bits per heavy atom. The Morgan fingerprint density at radius 3 is 2.49 bits per heavy atom. The van der Waals surface area contributed by atoms with Crippen molar-refractivity contribution >= 4 is 35.0 Å². The molecule has 45 heavy (non-hydrogen) atoms. The van der Waals surface area contributed by atoms with Crippen LogP contribution in [0, 0.1) is 0 Å². The van der Waals surface area contributed by atoms with E-state index in [1.165, 1.54) is 47.0 Å². The molecule has 2 aliphatic rings. The van der Waals surface area contributed by atoms with E-state index < -0.39 is 11.9 Å². The van der Waals surface area contributed by atoms with Crippen molar-refractivity contribution in [1.29, 1.82) is 0 Å². The number of thioether (sulfide) groups is 1. The normalized spacial score (nSPS) is 16.8. The average Bonchev–Trinajstić information content (AvgIpc) is 3.78. The van der Waals surface area contributed by atoms with E-state index in [9.17, 15) is 22.8 Å². The molecule has 9 nitrogen and oxygen atoms in total. The molecule has 13 heteroatoms. The number of nitrogens with zero attached hydrogens (tertiary/aromatic N) is 4. The van der Waals surface area contributed by atoms with Gasteiger partial charge in [0.1, 0.15) is 12.1 Å². The summed E-state index contributed by atoms with van der Waals surface area (Å²) in [4.78, 5) is 31.9. The van der Waals surface area contributed by atoms with Gasteiger partial charge < -0.3 is 15.4 Å². The molecule has 1 atom stereocenters. The van der Waals surface area contributed by atoms with E-state index in [4.69, 9.17) is 0 Å². The molecule has 0 radical (unpaired) electrons. The van der Waals surface area contributed by atoms with Crippen molar-refractivity contribution in [1.82, 2.24) is 25.4 Å².